The highest BCUT2D eigenvalue weighted by molar-refractivity contribution is 5.89. The van der Waals surface area contributed by atoms with Crippen LogP contribution in [0.4, 0.5) is 5.82 Å². The molecule has 1 amide bonds. The number of hydrogen-bond donors (Lipinski definition) is 2. The van der Waals surface area contributed by atoms with Crippen molar-refractivity contribution in [1.82, 2.24) is 15.3 Å². The number of ether oxygens (including phenoxy) is 1. The Morgan fingerprint density at radius 2 is 1.71 bits per heavy atom. The van der Waals surface area contributed by atoms with Gasteiger partial charge in [0.25, 0.3) is 0 Å². The summed E-state index contributed by atoms with van der Waals surface area (Å²) >= 11 is 0. The van der Waals surface area contributed by atoms with Crippen LogP contribution in [0.15, 0.2) is 18.6 Å². The number of esters is 1. The molecule has 0 saturated carbocycles. The molecule has 2 N–H and O–H groups in total. The standard InChI is InChI=1S/C17H28N4O3/c1-11(2)8-13(20-15-10-18-6-7-19-15)16(22)21-14(9-12(3)4)17(23)24-5/h6-7,10-14H,8-9H2,1-5H3,(H,19,20)(H,21,22). The Morgan fingerprint density at radius 3 is 2.21 bits per heavy atom. The smallest absolute Gasteiger partial charge is 0.328 e. The molecular weight excluding hydrogens is 308 g/mol. The molecule has 0 spiro atoms. The van der Waals surface area contributed by atoms with Gasteiger partial charge < -0.3 is 15.4 Å². The molecule has 7 heteroatoms. The second-order valence-corrected chi connectivity index (χ2v) is 6.63. The van der Waals surface area contributed by atoms with Crippen LogP contribution in [-0.2, 0) is 14.3 Å². The molecule has 24 heavy (non-hydrogen) atoms. The Labute approximate surface area is 143 Å². The molecule has 0 bridgehead atoms. The maximum atomic E-state index is 12.7. The molecule has 0 fully saturated rings. The molecular formula is C17H28N4O3. The summed E-state index contributed by atoms with van der Waals surface area (Å²) in [5.41, 5.74) is 0. The number of methoxy groups -OCH3 is 1. The summed E-state index contributed by atoms with van der Waals surface area (Å²) in [7, 11) is 1.32. The van der Waals surface area contributed by atoms with Crippen LogP contribution < -0.4 is 10.6 Å². The molecule has 2 atom stereocenters. The molecule has 0 saturated heterocycles. The zero-order valence-electron chi connectivity index (χ0n) is 15.1. The van der Waals surface area contributed by atoms with Crippen molar-refractivity contribution >= 4 is 17.7 Å². The van der Waals surface area contributed by atoms with Crippen molar-refractivity contribution in [3.63, 3.8) is 0 Å². The zero-order valence-corrected chi connectivity index (χ0v) is 15.1. The zero-order chi connectivity index (χ0) is 18.1. The van der Waals surface area contributed by atoms with E-state index in [2.05, 4.69) is 20.6 Å². The van der Waals surface area contributed by atoms with Crippen LogP contribution in [0.25, 0.3) is 0 Å². The van der Waals surface area contributed by atoms with Gasteiger partial charge in [-0.25, -0.2) is 9.78 Å². The minimum absolute atomic E-state index is 0.245. The molecule has 1 rings (SSSR count). The van der Waals surface area contributed by atoms with Crippen molar-refractivity contribution in [2.75, 3.05) is 12.4 Å². The molecule has 1 aromatic heterocycles. The van der Waals surface area contributed by atoms with Crippen LogP contribution in [-0.4, -0.2) is 41.0 Å². The fraction of sp³-hybridized carbons (Fsp3) is 0.647. The highest BCUT2D eigenvalue weighted by Crippen LogP contribution is 2.12. The Hall–Kier alpha value is -2.18. The quantitative estimate of drug-likeness (QED) is 0.670. The lowest BCUT2D eigenvalue weighted by Crippen LogP contribution is -2.49. The maximum absolute atomic E-state index is 12.7. The molecule has 2 unspecified atom stereocenters. The van der Waals surface area contributed by atoms with E-state index >= 15 is 0 Å². The van der Waals surface area contributed by atoms with E-state index in [4.69, 9.17) is 4.74 Å². The van der Waals surface area contributed by atoms with E-state index in [9.17, 15) is 9.59 Å². The van der Waals surface area contributed by atoms with Gasteiger partial charge in [0, 0.05) is 12.4 Å². The van der Waals surface area contributed by atoms with Crippen molar-refractivity contribution in [2.24, 2.45) is 11.8 Å². The predicted octanol–water partition coefficient (Wildman–Crippen LogP) is 2.01. The van der Waals surface area contributed by atoms with Gasteiger partial charge >= 0.3 is 5.97 Å². The summed E-state index contributed by atoms with van der Waals surface area (Å²) in [5, 5.41) is 5.89. The van der Waals surface area contributed by atoms with Crippen molar-refractivity contribution in [1.29, 1.82) is 0 Å². The third-order valence-electron chi connectivity index (χ3n) is 3.42. The van der Waals surface area contributed by atoms with Crippen LogP contribution in [0.2, 0.25) is 0 Å². The highest BCUT2D eigenvalue weighted by atomic mass is 16.5. The number of carbonyl (C=O) groups is 2. The first-order valence-corrected chi connectivity index (χ1v) is 8.24. The summed E-state index contributed by atoms with van der Waals surface area (Å²) in [4.78, 5) is 32.7. The molecule has 0 aliphatic carbocycles. The molecule has 134 valence electrons. The van der Waals surface area contributed by atoms with Gasteiger partial charge in [-0.2, -0.15) is 0 Å². The minimum atomic E-state index is -0.652. The lowest BCUT2D eigenvalue weighted by Gasteiger charge is -2.24. The second kappa shape index (κ2) is 9.85. The van der Waals surface area contributed by atoms with E-state index in [0.717, 1.165) is 0 Å². The van der Waals surface area contributed by atoms with E-state index in [1.54, 1.807) is 18.6 Å². The fourth-order valence-electron chi connectivity index (χ4n) is 2.36. The van der Waals surface area contributed by atoms with E-state index in [1.807, 2.05) is 27.7 Å². The first-order valence-electron chi connectivity index (χ1n) is 8.24. The van der Waals surface area contributed by atoms with Crippen LogP contribution >= 0.6 is 0 Å². The fourth-order valence-corrected chi connectivity index (χ4v) is 2.36. The summed E-state index contributed by atoms with van der Waals surface area (Å²) < 4.78 is 4.80. The van der Waals surface area contributed by atoms with E-state index in [1.165, 1.54) is 7.11 Å². The summed E-state index contributed by atoms with van der Waals surface area (Å²) in [6.45, 7) is 8.05. The normalized spacial score (nSPS) is 13.5. The van der Waals surface area contributed by atoms with Crippen LogP contribution in [0.1, 0.15) is 40.5 Å². The Bertz CT molecular complexity index is 520. The van der Waals surface area contributed by atoms with E-state index in [0.29, 0.717) is 24.6 Å². The van der Waals surface area contributed by atoms with Crippen LogP contribution in [0.3, 0.4) is 0 Å². The third-order valence-corrected chi connectivity index (χ3v) is 3.42. The molecule has 0 radical (unpaired) electrons. The number of amides is 1. The Morgan fingerprint density at radius 1 is 1.08 bits per heavy atom. The first-order chi connectivity index (χ1) is 11.3. The molecule has 0 aliphatic heterocycles. The molecule has 0 aromatic carbocycles. The Kier molecular flexibility index (Phi) is 8.15. The summed E-state index contributed by atoms with van der Waals surface area (Å²) in [5.74, 6) is 0.402. The molecule has 7 nitrogen and oxygen atoms in total. The first kappa shape index (κ1) is 19.9. The highest BCUT2D eigenvalue weighted by Gasteiger charge is 2.27. The van der Waals surface area contributed by atoms with Gasteiger partial charge in [-0.15, -0.1) is 0 Å². The number of nitrogens with zero attached hydrogens (tertiary/aromatic N) is 2. The van der Waals surface area contributed by atoms with E-state index < -0.39 is 18.1 Å². The lowest BCUT2D eigenvalue weighted by molar-refractivity contribution is -0.145. The number of rotatable bonds is 9. The average molecular weight is 336 g/mol. The van der Waals surface area contributed by atoms with Crippen LogP contribution in [0, 0.1) is 11.8 Å². The second-order valence-electron chi connectivity index (χ2n) is 6.63. The van der Waals surface area contributed by atoms with Crippen LogP contribution in [0.5, 0.6) is 0 Å². The summed E-state index contributed by atoms with van der Waals surface area (Å²) in [6, 6.07) is -1.15. The van der Waals surface area contributed by atoms with Gasteiger partial charge in [0.15, 0.2) is 0 Å². The van der Waals surface area contributed by atoms with Gasteiger partial charge in [-0.1, -0.05) is 27.7 Å². The molecule has 1 heterocycles. The van der Waals surface area contributed by atoms with Gasteiger partial charge in [-0.3, -0.25) is 9.78 Å². The predicted molar refractivity (Wildman–Crippen MR) is 92.3 cm³/mol. The lowest BCUT2D eigenvalue weighted by atomic mass is 10.0. The van der Waals surface area contributed by atoms with Gasteiger partial charge in [0.05, 0.1) is 13.3 Å². The Balaban J connectivity index is 2.83. The number of nitrogens with one attached hydrogen (secondary N) is 2. The average Bonchev–Trinajstić information content (AvgIpc) is 2.53. The largest absolute Gasteiger partial charge is 0.467 e. The van der Waals surface area contributed by atoms with Gasteiger partial charge in [0.1, 0.15) is 17.9 Å². The SMILES string of the molecule is COC(=O)C(CC(C)C)NC(=O)C(CC(C)C)Nc1cnccn1. The number of anilines is 1. The number of carbonyl (C=O) groups excluding carboxylic acids is 2. The van der Waals surface area contributed by atoms with Crippen molar-refractivity contribution < 1.29 is 14.3 Å². The van der Waals surface area contributed by atoms with E-state index in [-0.39, 0.29) is 11.8 Å². The topological polar surface area (TPSA) is 93.2 Å². The van der Waals surface area contributed by atoms with Crippen molar-refractivity contribution in [2.45, 2.75) is 52.6 Å². The van der Waals surface area contributed by atoms with Crippen molar-refractivity contribution in [3.05, 3.63) is 18.6 Å². The number of hydrogen-bond acceptors (Lipinski definition) is 6. The van der Waals surface area contributed by atoms with Crippen molar-refractivity contribution in [3.8, 4) is 0 Å². The number of aromatic nitrogens is 2. The third kappa shape index (κ3) is 6.93. The van der Waals surface area contributed by atoms with Gasteiger partial charge in [-0.05, 0) is 24.7 Å². The minimum Gasteiger partial charge on any atom is -0.467 e. The molecule has 0 aliphatic rings. The summed E-state index contributed by atoms with van der Waals surface area (Å²) in [6.07, 6.45) is 5.82. The monoisotopic (exact) mass is 336 g/mol. The maximum Gasteiger partial charge on any atom is 0.328 e. The molecule has 1 aromatic rings. The van der Waals surface area contributed by atoms with Gasteiger partial charge in [0.2, 0.25) is 5.91 Å².